The van der Waals surface area contributed by atoms with E-state index < -0.39 is 0 Å². The van der Waals surface area contributed by atoms with Gasteiger partial charge in [-0.05, 0) is 38.1 Å². The minimum absolute atomic E-state index is 0.0859. The molecule has 1 aromatic carbocycles. The molecule has 1 atom stereocenters. The molecular formula is C13H14FN3. The van der Waals surface area contributed by atoms with E-state index in [4.69, 9.17) is 5.73 Å². The van der Waals surface area contributed by atoms with Crippen LogP contribution in [0.3, 0.4) is 0 Å². The molecule has 17 heavy (non-hydrogen) atoms. The van der Waals surface area contributed by atoms with Crippen molar-refractivity contribution in [3.63, 3.8) is 0 Å². The van der Waals surface area contributed by atoms with Crippen molar-refractivity contribution < 1.29 is 4.39 Å². The summed E-state index contributed by atoms with van der Waals surface area (Å²) in [6, 6.07) is 6.03. The van der Waals surface area contributed by atoms with E-state index >= 15 is 0 Å². The average Bonchev–Trinajstić information content (AvgIpc) is 2.29. The highest BCUT2D eigenvalue weighted by Gasteiger charge is 2.08. The Morgan fingerprint density at radius 2 is 1.88 bits per heavy atom. The maximum atomic E-state index is 12.8. The minimum atomic E-state index is -0.266. The third-order valence-electron chi connectivity index (χ3n) is 2.61. The SMILES string of the molecule is Cc1nc(-c2ccc(F)cc2)ncc1C(C)N. The molecule has 4 heteroatoms. The quantitative estimate of drug-likeness (QED) is 0.864. The van der Waals surface area contributed by atoms with Crippen LogP contribution in [-0.2, 0) is 0 Å². The van der Waals surface area contributed by atoms with E-state index in [-0.39, 0.29) is 11.9 Å². The third kappa shape index (κ3) is 2.47. The Kier molecular flexibility index (Phi) is 3.15. The summed E-state index contributed by atoms with van der Waals surface area (Å²) in [5.41, 5.74) is 8.37. The first-order valence-corrected chi connectivity index (χ1v) is 5.43. The summed E-state index contributed by atoms with van der Waals surface area (Å²) in [5, 5.41) is 0. The van der Waals surface area contributed by atoms with Crippen molar-refractivity contribution in [2.75, 3.05) is 0 Å². The molecular weight excluding hydrogens is 217 g/mol. The van der Waals surface area contributed by atoms with E-state index in [0.29, 0.717) is 5.82 Å². The molecule has 3 nitrogen and oxygen atoms in total. The van der Waals surface area contributed by atoms with Crippen molar-refractivity contribution in [1.82, 2.24) is 9.97 Å². The van der Waals surface area contributed by atoms with Gasteiger partial charge in [0.25, 0.3) is 0 Å². The van der Waals surface area contributed by atoms with Crippen LogP contribution in [0.25, 0.3) is 11.4 Å². The molecule has 1 aromatic heterocycles. The van der Waals surface area contributed by atoms with Crippen LogP contribution in [0.4, 0.5) is 4.39 Å². The number of rotatable bonds is 2. The van der Waals surface area contributed by atoms with Crippen molar-refractivity contribution in [3.05, 3.63) is 47.5 Å². The molecule has 1 heterocycles. The number of aromatic nitrogens is 2. The molecule has 0 saturated carbocycles. The van der Waals surface area contributed by atoms with Gasteiger partial charge in [0.05, 0.1) is 0 Å². The Bertz CT molecular complexity index is 521. The summed E-state index contributed by atoms with van der Waals surface area (Å²) >= 11 is 0. The third-order valence-corrected chi connectivity index (χ3v) is 2.61. The number of nitrogens with zero attached hydrogens (tertiary/aromatic N) is 2. The summed E-state index contributed by atoms with van der Waals surface area (Å²) in [7, 11) is 0. The zero-order chi connectivity index (χ0) is 12.4. The summed E-state index contributed by atoms with van der Waals surface area (Å²) < 4.78 is 12.8. The van der Waals surface area contributed by atoms with Crippen LogP contribution in [-0.4, -0.2) is 9.97 Å². The van der Waals surface area contributed by atoms with Gasteiger partial charge in [-0.15, -0.1) is 0 Å². The molecule has 0 amide bonds. The fourth-order valence-electron chi connectivity index (χ4n) is 1.66. The lowest BCUT2D eigenvalue weighted by atomic mass is 10.1. The van der Waals surface area contributed by atoms with Crippen LogP contribution in [0.1, 0.15) is 24.2 Å². The van der Waals surface area contributed by atoms with Crippen LogP contribution in [0.5, 0.6) is 0 Å². The maximum absolute atomic E-state index is 12.8. The number of hydrogen-bond donors (Lipinski definition) is 1. The van der Waals surface area contributed by atoms with E-state index in [0.717, 1.165) is 16.8 Å². The van der Waals surface area contributed by atoms with Gasteiger partial charge in [-0.1, -0.05) is 0 Å². The van der Waals surface area contributed by atoms with Gasteiger partial charge >= 0.3 is 0 Å². The normalized spacial score (nSPS) is 12.5. The van der Waals surface area contributed by atoms with Gasteiger partial charge in [-0.2, -0.15) is 0 Å². The lowest BCUT2D eigenvalue weighted by Gasteiger charge is -2.09. The lowest BCUT2D eigenvalue weighted by Crippen LogP contribution is -2.09. The number of hydrogen-bond acceptors (Lipinski definition) is 3. The van der Waals surface area contributed by atoms with Crippen LogP contribution in [0, 0.1) is 12.7 Å². The fourth-order valence-corrected chi connectivity index (χ4v) is 1.66. The highest BCUT2D eigenvalue weighted by atomic mass is 19.1. The van der Waals surface area contributed by atoms with Gasteiger partial charge in [0.15, 0.2) is 5.82 Å². The molecule has 2 aromatic rings. The molecule has 0 radical (unpaired) electrons. The Hall–Kier alpha value is -1.81. The summed E-state index contributed by atoms with van der Waals surface area (Å²) in [4.78, 5) is 8.63. The topological polar surface area (TPSA) is 51.8 Å². The van der Waals surface area contributed by atoms with Gasteiger partial charge in [0.1, 0.15) is 5.82 Å². The van der Waals surface area contributed by atoms with Crippen molar-refractivity contribution in [2.45, 2.75) is 19.9 Å². The predicted octanol–water partition coefficient (Wildman–Crippen LogP) is 2.61. The minimum Gasteiger partial charge on any atom is -0.324 e. The van der Waals surface area contributed by atoms with Crippen LogP contribution < -0.4 is 5.73 Å². The van der Waals surface area contributed by atoms with Crippen molar-refractivity contribution in [3.8, 4) is 11.4 Å². The molecule has 2 N–H and O–H groups in total. The molecule has 0 fully saturated rings. The second-order valence-corrected chi connectivity index (χ2v) is 4.03. The smallest absolute Gasteiger partial charge is 0.159 e. The van der Waals surface area contributed by atoms with E-state index in [1.165, 1.54) is 12.1 Å². The Balaban J connectivity index is 2.41. The molecule has 0 aliphatic heterocycles. The number of aryl methyl sites for hydroxylation is 1. The summed E-state index contributed by atoms with van der Waals surface area (Å²) in [6.45, 7) is 3.79. The lowest BCUT2D eigenvalue weighted by molar-refractivity contribution is 0.628. The van der Waals surface area contributed by atoms with E-state index in [2.05, 4.69) is 9.97 Å². The molecule has 0 aliphatic carbocycles. The zero-order valence-electron chi connectivity index (χ0n) is 9.81. The van der Waals surface area contributed by atoms with Crippen molar-refractivity contribution >= 4 is 0 Å². The summed E-state index contributed by atoms with van der Waals surface area (Å²) in [5.74, 6) is 0.324. The molecule has 0 bridgehead atoms. The molecule has 0 spiro atoms. The van der Waals surface area contributed by atoms with Gasteiger partial charge < -0.3 is 5.73 Å². The second kappa shape index (κ2) is 4.59. The van der Waals surface area contributed by atoms with Crippen LogP contribution >= 0.6 is 0 Å². The number of benzene rings is 1. The molecule has 2 rings (SSSR count). The van der Waals surface area contributed by atoms with Crippen LogP contribution in [0.15, 0.2) is 30.5 Å². The van der Waals surface area contributed by atoms with Gasteiger partial charge in [-0.25, -0.2) is 14.4 Å². The van der Waals surface area contributed by atoms with Gasteiger partial charge in [-0.3, -0.25) is 0 Å². The van der Waals surface area contributed by atoms with E-state index in [1.54, 1.807) is 18.3 Å². The zero-order valence-corrected chi connectivity index (χ0v) is 9.81. The Morgan fingerprint density at radius 3 is 2.41 bits per heavy atom. The standard InChI is InChI=1S/C13H14FN3/c1-8(15)12-7-16-13(17-9(12)2)10-3-5-11(14)6-4-10/h3-8H,15H2,1-2H3. The van der Waals surface area contributed by atoms with E-state index in [1.807, 2.05) is 13.8 Å². The Morgan fingerprint density at radius 1 is 1.24 bits per heavy atom. The molecule has 0 aliphatic rings. The molecule has 1 unspecified atom stereocenters. The number of halogens is 1. The van der Waals surface area contributed by atoms with Gasteiger partial charge in [0.2, 0.25) is 0 Å². The van der Waals surface area contributed by atoms with Crippen molar-refractivity contribution in [2.24, 2.45) is 5.73 Å². The number of nitrogens with two attached hydrogens (primary N) is 1. The first-order chi connectivity index (χ1) is 8.08. The highest BCUT2D eigenvalue weighted by molar-refractivity contribution is 5.54. The van der Waals surface area contributed by atoms with Gasteiger partial charge in [0, 0.05) is 29.1 Å². The monoisotopic (exact) mass is 231 g/mol. The fraction of sp³-hybridized carbons (Fsp3) is 0.231. The summed E-state index contributed by atoms with van der Waals surface area (Å²) in [6.07, 6.45) is 1.73. The Labute approximate surface area is 99.5 Å². The average molecular weight is 231 g/mol. The predicted molar refractivity (Wildman–Crippen MR) is 64.8 cm³/mol. The van der Waals surface area contributed by atoms with E-state index in [9.17, 15) is 4.39 Å². The first-order valence-electron chi connectivity index (χ1n) is 5.43. The van der Waals surface area contributed by atoms with Crippen LogP contribution in [0.2, 0.25) is 0 Å². The second-order valence-electron chi connectivity index (χ2n) is 4.03. The highest BCUT2D eigenvalue weighted by Crippen LogP contribution is 2.18. The van der Waals surface area contributed by atoms with Crippen molar-refractivity contribution in [1.29, 1.82) is 0 Å². The maximum Gasteiger partial charge on any atom is 0.159 e. The first kappa shape index (κ1) is 11.7. The molecule has 88 valence electrons. The molecule has 0 saturated heterocycles. The largest absolute Gasteiger partial charge is 0.324 e.